The fourth-order valence-electron chi connectivity index (χ4n) is 3.93. The Morgan fingerprint density at radius 1 is 1.18 bits per heavy atom. The number of aromatic amines is 1. The Labute approximate surface area is 194 Å². The number of para-hydroxylation sites is 1. The van der Waals surface area contributed by atoms with Gasteiger partial charge in [-0.15, -0.1) is 0 Å². The Bertz CT molecular complexity index is 1260. The number of ketones is 1. The van der Waals surface area contributed by atoms with Crippen LogP contribution in [-0.2, 0) is 11.3 Å². The summed E-state index contributed by atoms with van der Waals surface area (Å²) < 4.78 is 13.2. The van der Waals surface area contributed by atoms with Gasteiger partial charge in [0.1, 0.15) is 12.0 Å². The summed E-state index contributed by atoms with van der Waals surface area (Å²) in [6.07, 6.45) is 0.651. The second kappa shape index (κ2) is 8.36. The van der Waals surface area contributed by atoms with E-state index in [1.165, 1.54) is 11.1 Å². The van der Waals surface area contributed by atoms with Gasteiger partial charge in [0.25, 0.3) is 5.24 Å². The van der Waals surface area contributed by atoms with Gasteiger partial charge in [-0.05, 0) is 30.7 Å². The molecule has 5 rings (SSSR count). The number of rotatable bonds is 5. The van der Waals surface area contributed by atoms with Gasteiger partial charge in [-0.2, -0.15) is 0 Å². The summed E-state index contributed by atoms with van der Waals surface area (Å²) in [5.41, 5.74) is 3.69. The monoisotopic (exact) mass is 465 g/mol. The minimum absolute atomic E-state index is 0.0699. The number of thiol groups is 1. The average Bonchev–Trinajstić information content (AvgIpc) is 3.42. The van der Waals surface area contributed by atoms with Crippen molar-refractivity contribution in [3.8, 4) is 11.3 Å². The Morgan fingerprint density at radius 2 is 1.94 bits per heavy atom. The van der Waals surface area contributed by atoms with Crippen molar-refractivity contribution in [1.82, 2.24) is 14.9 Å². The number of anilines is 3. The van der Waals surface area contributed by atoms with E-state index in [-0.39, 0.29) is 31.1 Å². The van der Waals surface area contributed by atoms with Crippen molar-refractivity contribution in [3.05, 3.63) is 59.9 Å². The molecule has 1 aliphatic heterocycles. The van der Waals surface area contributed by atoms with Crippen LogP contribution in [0.2, 0.25) is 0 Å². The number of aromatic nitrogens is 2. The Hall–Kier alpha value is -3.66. The van der Waals surface area contributed by atoms with E-state index in [0.29, 0.717) is 28.2 Å². The normalized spacial score (nSPS) is 19.1. The summed E-state index contributed by atoms with van der Waals surface area (Å²) in [7, 11) is 0. The van der Waals surface area contributed by atoms with E-state index in [9.17, 15) is 18.8 Å². The molecule has 1 aliphatic carbocycles. The highest BCUT2D eigenvalue weighted by atomic mass is 32.1. The second-order valence-corrected chi connectivity index (χ2v) is 8.44. The molecule has 2 aromatic heterocycles. The number of benzene rings is 1. The number of pyridine rings is 1. The lowest BCUT2D eigenvalue weighted by atomic mass is 10.0. The minimum atomic E-state index is -1.10. The van der Waals surface area contributed by atoms with Crippen molar-refractivity contribution in [2.45, 2.75) is 19.1 Å². The molecule has 3 aromatic rings. The van der Waals surface area contributed by atoms with E-state index in [1.807, 2.05) is 30.3 Å². The lowest BCUT2D eigenvalue weighted by molar-refractivity contribution is -0.117. The van der Waals surface area contributed by atoms with E-state index < -0.39 is 23.2 Å². The highest BCUT2D eigenvalue weighted by molar-refractivity contribution is 7.96. The zero-order valence-electron chi connectivity index (χ0n) is 17.3. The van der Waals surface area contributed by atoms with Crippen LogP contribution in [0.4, 0.5) is 26.4 Å². The maximum absolute atomic E-state index is 13.2. The van der Waals surface area contributed by atoms with Crippen molar-refractivity contribution in [2.24, 2.45) is 5.92 Å². The number of nitrogens with zero attached hydrogens (tertiary/aromatic N) is 2. The summed E-state index contributed by atoms with van der Waals surface area (Å²) in [6, 6.07) is 12.8. The molecule has 33 heavy (non-hydrogen) atoms. The third-order valence-corrected chi connectivity index (χ3v) is 5.99. The molecule has 2 atom stereocenters. The summed E-state index contributed by atoms with van der Waals surface area (Å²) in [5.74, 6) is -0.970. The van der Waals surface area contributed by atoms with Crippen LogP contribution in [0.3, 0.4) is 0 Å². The molecule has 8 nitrogen and oxygen atoms in total. The Morgan fingerprint density at radius 3 is 2.64 bits per heavy atom. The third kappa shape index (κ3) is 4.21. The molecule has 3 heterocycles. The molecular weight excluding hydrogens is 445 g/mol. The molecule has 0 bridgehead atoms. The molecule has 168 valence electrons. The van der Waals surface area contributed by atoms with Crippen LogP contribution in [0.5, 0.6) is 0 Å². The van der Waals surface area contributed by atoms with E-state index in [2.05, 4.69) is 33.2 Å². The predicted molar refractivity (Wildman–Crippen MR) is 125 cm³/mol. The van der Waals surface area contributed by atoms with Crippen molar-refractivity contribution >= 4 is 46.8 Å². The first-order chi connectivity index (χ1) is 15.9. The first kappa shape index (κ1) is 21.2. The highest BCUT2D eigenvalue weighted by Crippen LogP contribution is 2.39. The lowest BCUT2D eigenvalue weighted by Gasteiger charge is -2.24. The zero-order chi connectivity index (χ0) is 23.1. The number of amides is 2. The van der Waals surface area contributed by atoms with Gasteiger partial charge in [-0.3, -0.25) is 14.4 Å². The van der Waals surface area contributed by atoms with Crippen molar-refractivity contribution < 1.29 is 18.8 Å². The SMILES string of the molecule is O=C1CN(C(=O)S)Cc2[nH]c(-c3ccnc(NC(=O)[C@@H]4C[C@@H]4F)c3)c(Nc3ccccc3)c21. The molecule has 1 aromatic carbocycles. The summed E-state index contributed by atoms with van der Waals surface area (Å²) in [6.45, 7) is 0.140. The first-order valence-corrected chi connectivity index (χ1v) is 10.8. The van der Waals surface area contributed by atoms with Gasteiger partial charge >= 0.3 is 0 Å². The van der Waals surface area contributed by atoms with Gasteiger partial charge in [0.15, 0.2) is 5.78 Å². The third-order valence-electron chi connectivity index (χ3n) is 5.70. The van der Waals surface area contributed by atoms with Crippen LogP contribution >= 0.6 is 12.6 Å². The molecule has 0 saturated heterocycles. The van der Waals surface area contributed by atoms with E-state index >= 15 is 0 Å². The number of alkyl halides is 1. The van der Waals surface area contributed by atoms with Crippen molar-refractivity contribution in [1.29, 1.82) is 0 Å². The number of Topliss-reactive ketones (excluding diaryl/α,β-unsaturated/α-hetero) is 1. The number of carbonyl (C=O) groups is 3. The molecule has 3 N–H and O–H groups in total. The maximum Gasteiger partial charge on any atom is 0.279 e. The summed E-state index contributed by atoms with van der Waals surface area (Å²) in [4.78, 5) is 45.7. The molecule has 1 saturated carbocycles. The minimum Gasteiger partial charge on any atom is -0.355 e. The van der Waals surface area contributed by atoms with Crippen LogP contribution in [0.1, 0.15) is 22.5 Å². The topological polar surface area (TPSA) is 107 Å². The molecule has 2 amide bonds. The number of nitrogens with one attached hydrogen (secondary N) is 3. The van der Waals surface area contributed by atoms with Gasteiger partial charge < -0.3 is 20.5 Å². The van der Waals surface area contributed by atoms with Gasteiger partial charge in [0.2, 0.25) is 5.91 Å². The molecule has 1 fully saturated rings. The molecule has 10 heteroatoms. The number of hydrogen-bond donors (Lipinski definition) is 4. The van der Waals surface area contributed by atoms with Gasteiger partial charge in [-0.25, -0.2) is 9.37 Å². The largest absolute Gasteiger partial charge is 0.355 e. The lowest BCUT2D eigenvalue weighted by Crippen LogP contribution is -2.36. The molecule has 2 aliphatic rings. The Kier molecular flexibility index (Phi) is 5.37. The first-order valence-electron chi connectivity index (χ1n) is 10.4. The fraction of sp³-hybridized carbons (Fsp3) is 0.217. The molecule has 0 spiro atoms. The van der Waals surface area contributed by atoms with Gasteiger partial charge in [0, 0.05) is 23.1 Å². The van der Waals surface area contributed by atoms with Crippen LogP contribution < -0.4 is 10.6 Å². The van der Waals surface area contributed by atoms with Crippen LogP contribution in [0.15, 0.2) is 48.7 Å². The van der Waals surface area contributed by atoms with Crippen LogP contribution in [0, 0.1) is 5.92 Å². The number of halogens is 1. The number of hydrogen-bond acceptors (Lipinski definition) is 5. The number of carbonyl (C=O) groups excluding carboxylic acids is 3. The fourth-order valence-corrected chi connectivity index (χ4v) is 4.07. The average molecular weight is 466 g/mol. The maximum atomic E-state index is 13.2. The number of H-pyrrole nitrogens is 1. The van der Waals surface area contributed by atoms with Gasteiger partial charge in [-0.1, -0.05) is 30.8 Å². The second-order valence-electron chi connectivity index (χ2n) is 8.06. The summed E-state index contributed by atoms with van der Waals surface area (Å²) in [5, 5.41) is 5.48. The molecule has 0 radical (unpaired) electrons. The van der Waals surface area contributed by atoms with Crippen molar-refractivity contribution in [3.63, 3.8) is 0 Å². The standard InChI is InChI=1S/C23H20FN5O3S/c24-15-9-14(15)22(31)28-18-8-12(6-7-25-18)20-21(26-13-4-2-1-3-5-13)19-16(27-20)10-29(23(32)33)11-17(19)30/h1-8,14-15,26-27H,9-11H2,(H,32,33)(H,25,28,31)/t14-,15+/m1/s1. The predicted octanol–water partition coefficient (Wildman–Crippen LogP) is 4.16. The molecular formula is C23H20FN5O3S. The van der Waals surface area contributed by atoms with E-state index in [4.69, 9.17) is 0 Å². The van der Waals surface area contributed by atoms with Crippen molar-refractivity contribution in [2.75, 3.05) is 17.2 Å². The van der Waals surface area contributed by atoms with Crippen LogP contribution in [0.25, 0.3) is 11.3 Å². The highest BCUT2D eigenvalue weighted by Gasteiger charge is 2.43. The Balaban J connectivity index is 1.55. The number of fused-ring (bicyclic) bond motifs is 1. The summed E-state index contributed by atoms with van der Waals surface area (Å²) >= 11 is 3.86. The smallest absolute Gasteiger partial charge is 0.279 e. The van der Waals surface area contributed by atoms with E-state index in [1.54, 1.807) is 12.1 Å². The van der Waals surface area contributed by atoms with Gasteiger partial charge in [0.05, 0.1) is 36.0 Å². The van der Waals surface area contributed by atoms with E-state index in [0.717, 1.165) is 5.69 Å². The quantitative estimate of drug-likeness (QED) is 0.423. The van der Waals surface area contributed by atoms with Crippen LogP contribution in [-0.4, -0.2) is 44.5 Å². The zero-order valence-corrected chi connectivity index (χ0v) is 18.2. The molecule has 0 unspecified atom stereocenters.